The van der Waals surface area contributed by atoms with Gasteiger partial charge in [0.1, 0.15) is 0 Å². The minimum Gasteiger partial charge on any atom is -0.493 e. The van der Waals surface area contributed by atoms with Gasteiger partial charge in [-0.15, -0.1) is 0 Å². The fraction of sp³-hybridized carbons (Fsp3) is 0.406. The second-order valence-electron chi connectivity index (χ2n) is 10.7. The first-order chi connectivity index (χ1) is 19.7. The van der Waals surface area contributed by atoms with Crippen molar-refractivity contribution in [2.75, 3.05) is 47.1 Å². The van der Waals surface area contributed by atoms with Crippen LogP contribution in [-0.2, 0) is 9.53 Å². The molecular formula is C32H38N4O5. The summed E-state index contributed by atoms with van der Waals surface area (Å²) in [4.78, 5) is 32.7. The number of hydrogen-bond acceptors (Lipinski definition) is 6. The molecule has 1 saturated heterocycles. The van der Waals surface area contributed by atoms with Crippen molar-refractivity contribution >= 4 is 23.0 Å². The van der Waals surface area contributed by atoms with Crippen molar-refractivity contribution in [3.05, 3.63) is 65.0 Å². The van der Waals surface area contributed by atoms with E-state index in [2.05, 4.69) is 38.8 Å². The Bertz CT molecular complexity index is 1550. The molecule has 1 aromatic carbocycles. The highest BCUT2D eigenvalue weighted by atomic mass is 16.5. The lowest BCUT2D eigenvalue weighted by Gasteiger charge is -2.34. The van der Waals surface area contributed by atoms with Gasteiger partial charge in [0.2, 0.25) is 0 Å². The largest absolute Gasteiger partial charge is 0.493 e. The smallest absolute Gasteiger partial charge is 0.254 e. The van der Waals surface area contributed by atoms with Crippen molar-refractivity contribution in [1.29, 1.82) is 0 Å². The van der Waals surface area contributed by atoms with Crippen molar-refractivity contribution in [2.24, 2.45) is 10.9 Å². The average molecular weight is 559 g/mol. The number of ether oxygens (including phenoxy) is 3. The van der Waals surface area contributed by atoms with Crippen LogP contribution in [0.5, 0.6) is 11.5 Å². The van der Waals surface area contributed by atoms with Crippen LogP contribution >= 0.6 is 0 Å². The second-order valence-corrected chi connectivity index (χ2v) is 10.7. The van der Waals surface area contributed by atoms with E-state index in [1.807, 2.05) is 44.2 Å². The number of dihydropyridines is 1. The fourth-order valence-electron chi connectivity index (χ4n) is 5.88. The Morgan fingerprint density at radius 2 is 1.80 bits per heavy atom. The van der Waals surface area contributed by atoms with E-state index in [-0.39, 0.29) is 24.4 Å². The number of nitrogens with one attached hydrogen (secondary N) is 1. The minimum absolute atomic E-state index is 0.0437. The maximum Gasteiger partial charge on any atom is 0.254 e. The summed E-state index contributed by atoms with van der Waals surface area (Å²) in [5.41, 5.74) is 7.03. The first-order valence-electron chi connectivity index (χ1n) is 14.0. The van der Waals surface area contributed by atoms with Gasteiger partial charge in [0, 0.05) is 59.9 Å². The molecule has 0 saturated carbocycles. The summed E-state index contributed by atoms with van der Waals surface area (Å²) < 4.78 is 18.8. The molecule has 5 rings (SSSR count). The second kappa shape index (κ2) is 11.9. The van der Waals surface area contributed by atoms with Gasteiger partial charge in [-0.1, -0.05) is 11.6 Å². The summed E-state index contributed by atoms with van der Waals surface area (Å²) >= 11 is 0. The SMILES string of the molecule is COc1ccc(-c2cc3cc(C(=O)NCC4C(=O)N=C(C)C=C4C)c(C)c(C(C)N4CCOCC4)n3c2)cc1OC. The predicted molar refractivity (Wildman–Crippen MR) is 159 cm³/mol. The summed E-state index contributed by atoms with van der Waals surface area (Å²) in [5.74, 6) is 0.436. The molecule has 216 valence electrons. The zero-order valence-electron chi connectivity index (χ0n) is 24.6. The molecule has 2 aromatic heterocycles. The third-order valence-corrected chi connectivity index (χ3v) is 8.18. The number of carbonyl (C=O) groups excluding carboxylic acids is 2. The Hall–Kier alpha value is -3.95. The van der Waals surface area contributed by atoms with Gasteiger partial charge >= 0.3 is 0 Å². The van der Waals surface area contributed by atoms with Gasteiger partial charge < -0.3 is 23.9 Å². The number of morpholine rings is 1. The zero-order chi connectivity index (χ0) is 29.3. The van der Waals surface area contributed by atoms with E-state index in [4.69, 9.17) is 14.2 Å². The van der Waals surface area contributed by atoms with Crippen LogP contribution in [0.15, 0.2) is 53.2 Å². The average Bonchev–Trinajstić information content (AvgIpc) is 3.39. The van der Waals surface area contributed by atoms with Crippen LogP contribution in [0.3, 0.4) is 0 Å². The van der Waals surface area contributed by atoms with Gasteiger partial charge in [0.15, 0.2) is 11.5 Å². The standard InChI is InChI=1S/C32H38N4O5/c1-19-13-20(2)34-32(38)27(19)17-33-31(37)26-16-25-14-24(23-7-8-28(39-5)29(15-23)40-6)18-36(25)30(21(26)3)22(4)35-9-11-41-12-10-35/h7-8,13-16,18,22,27H,9-12,17H2,1-6H3,(H,33,37). The van der Waals surface area contributed by atoms with Crippen molar-refractivity contribution in [1.82, 2.24) is 14.6 Å². The molecule has 2 aliphatic rings. The Morgan fingerprint density at radius 3 is 2.49 bits per heavy atom. The van der Waals surface area contributed by atoms with Gasteiger partial charge in [0.05, 0.1) is 33.4 Å². The Labute approximate surface area is 240 Å². The molecule has 0 spiro atoms. The van der Waals surface area contributed by atoms with Gasteiger partial charge in [-0.25, -0.2) is 4.99 Å². The number of carbonyl (C=O) groups is 2. The molecular weight excluding hydrogens is 520 g/mol. The van der Waals surface area contributed by atoms with E-state index in [1.165, 1.54) is 0 Å². The Morgan fingerprint density at radius 1 is 1.07 bits per heavy atom. The molecule has 0 bridgehead atoms. The molecule has 41 heavy (non-hydrogen) atoms. The van der Waals surface area contributed by atoms with E-state index in [0.717, 1.165) is 46.6 Å². The highest BCUT2D eigenvalue weighted by molar-refractivity contribution is 6.06. The van der Waals surface area contributed by atoms with Gasteiger partial charge in [-0.2, -0.15) is 0 Å². The topological polar surface area (TPSA) is 93.9 Å². The lowest BCUT2D eigenvalue weighted by atomic mass is 9.95. The van der Waals surface area contributed by atoms with Gasteiger partial charge in [0.25, 0.3) is 11.8 Å². The third-order valence-electron chi connectivity index (χ3n) is 8.18. The maximum atomic E-state index is 13.7. The summed E-state index contributed by atoms with van der Waals surface area (Å²) in [7, 11) is 3.24. The van der Waals surface area contributed by atoms with Gasteiger partial charge in [-0.3, -0.25) is 14.5 Å². The van der Waals surface area contributed by atoms with Gasteiger partial charge in [-0.05, 0) is 69.2 Å². The number of nitrogens with zero attached hydrogens (tertiary/aromatic N) is 3. The Kier molecular flexibility index (Phi) is 8.28. The van der Waals surface area contributed by atoms with E-state index in [9.17, 15) is 9.59 Å². The highest BCUT2D eigenvalue weighted by Gasteiger charge is 2.28. The molecule has 4 heterocycles. The lowest BCUT2D eigenvalue weighted by molar-refractivity contribution is -0.120. The number of benzene rings is 1. The van der Waals surface area contributed by atoms with E-state index >= 15 is 0 Å². The monoisotopic (exact) mass is 558 g/mol. The molecule has 2 amide bonds. The molecule has 2 unspecified atom stereocenters. The third kappa shape index (κ3) is 5.64. The number of hydrogen-bond donors (Lipinski definition) is 1. The number of aromatic nitrogens is 1. The van der Waals surface area contributed by atoms with Crippen molar-refractivity contribution in [2.45, 2.75) is 33.7 Å². The number of aliphatic imine (C=N–C) groups is 1. The van der Waals surface area contributed by atoms with Crippen LogP contribution in [0.1, 0.15) is 48.4 Å². The minimum atomic E-state index is -0.455. The first-order valence-corrected chi connectivity index (χ1v) is 14.0. The molecule has 2 aliphatic heterocycles. The number of rotatable bonds is 8. The molecule has 2 atom stereocenters. The number of pyridine rings is 1. The first kappa shape index (κ1) is 28.6. The van der Waals surface area contributed by atoms with Crippen LogP contribution < -0.4 is 14.8 Å². The summed E-state index contributed by atoms with van der Waals surface area (Å²) in [5, 5.41) is 3.02. The normalized spacial score (nSPS) is 18.6. The van der Waals surface area contributed by atoms with Crippen LogP contribution in [0.25, 0.3) is 16.6 Å². The summed E-state index contributed by atoms with van der Waals surface area (Å²) in [6.07, 6.45) is 4.01. The molecule has 3 aromatic rings. The van der Waals surface area contributed by atoms with Crippen LogP contribution in [0, 0.1) is 12.8 Å². The predicted octanol–water partition coefficient (Wildman–Crippen LogP) is 4.62. The highest BCUT2D eigenvalue weighted by Crippen LogP contribution is 2.35. The number of fused-ring (bicyclic) bond motifs is 1. The van der Waals surface area contributed by atoms with Crippen molar-refractivity contribution in [3.8, 4) is 22.6 Å². The van der Waals surface area contributed by atoms with Crippen LogP contribution in [0.4, 0.5) is 0 Å². The van der Waals surface area contributed by atoms with Crippen molar-refractivity contribution in [3.63, 3.8) is 0 Å². The maximum absolute atomic E-state index is 13.7. The lowest BCUT2D eigenvalue weighted by Crippen LogP contribution is -2.39. The van der Waals surface area contributed by atoms with Crippen LogP contribution in [0.2, 0.25) is 0 Å². The van der Waals surface area contributed by atoms with Crippen LogP contribution in [-0.4, -0.2) is 73.9 Å². The molecule has 1 fully saturated rings. The molecule has 9 heteroatoms. The molecule has 1 N–H and O–H groups in total. The number of methoxy groups -OCH3 is 2. The Balaban J connectivity index is 1.54. The van der Waals surface area contributed by atoms with Crippen molar-refractivity contribution < 1.29 is 23.8 Å². The molecule has 0 aliphatic carbocycles. The summed E-state index contributed by atoms with van der Waals surface area (Å²) in [6.45, 7) is 11.1. The number of amides is 2. The zero-order valence-corrected chi connectivity index (χ0v) is 24.6. The molecule has 0 radical (unpaired) electrons. The fourth-order valence-corrected chi connectivity index (χ4v) is 5.88. The van der Waals surface area contributed by atoms with E-state index in [1.54, 1.807) is 21.1 Å². The van der Waals surface area contributed by atoms with E-state index < -0.39 is 5.92 Å². The van der Waals surface area contributed by atoms with E-state index in [0.29, 0.717) is 36.0 Å². The summed E-state index contributed by atoms with van der Waals surface area (Å²) in [6, 6.07) is 9.91. The molecule has 9 nitrogen and oxygen atoms in total. The number of allylic oxidation sites excluding steroid dienone is 1. The quantitative estimate of drug-likeness (QED) is 0.434.